The lowest BCUT2D eigenvalue weighted by atomic mass is 10.4. The van der Waals surface area contributed by atoms with Crippen LogP contribution < -0.4 is 10.2 Å². The minimum atomic E-state index is -0.119. The summed E-state index contributed by atoms with van der Waals surface area (Å²) in [7, 11) is 1.81. The lowest BCUT2D eigenvalue weighted by Gasteiger charge is -1.79. The molecule has 2 heterocycles. The smallest absolute Gasteiger partial charge is 0.266 e. The Morgan fingerprint density at radius 3 is 3.18 bits per heavy atom. The van der Waals surface area contributed by atoms with Gasteiger partial charge < -0.3 is 4.98 Å². The van der Waals surface area contributed by atoms with Crippen LogP contribution in [0.4, 0.5) is 0 Å². The van der Waals surface area contributed by atoms with Gasteiger partial charge in [-0.05, 0) is 0 Å². The van der Waals surface area contributed by atoms with Crippen molar-refractivity contribution in [3.63, 3.8) is 0 Å². The molecule has 11 heavy (non-hydrogen) atoms. The molecular formula is C6H7N4O+. The summed E-state index contributed by atoms with van der Waals surface area (Å²) in [6.07, 6.45) is 3.07. The SMILES string of the molecule is C[n+]1cc2c(=O)[nH]cnc2[nH]1. The average Bonchev–Trinajstić information content (AvgIpc) is 2.31. The quantitative estimate of drug-likeness (QED) is 0.478. The van der Waals surface area contributed by atoms with E-state index in [2.05, 4.69) is 15.1 Å². The molecule has 0 amide bonds. The minimum Gasteiger partial charge on any atom is -0.312 e. The van der Waals surface area contributed by atoms with Crippen molar-refractivity contribution in [3.8, 4) is 0 Å². The van der Waals surface area contributed by atoms with E-state index in [1.807, 2.05) is 0 Å². The van der Waals surface area contributed by atoms with Crippen LogP contribution >= 0.6 is 0 Å². The molecule has 0 spiro atoms. The summed E-state index contributed by atoms with van der Waals surface area (Å²) in [5.41, 5.74) is 0.489. The molecule has 0 aliphatic carbocycles. The molecule has 0 unspecified atom stereocenters. The highest BCUT2D eigenvalue weighted by Gasteiger charge is 2.06. The average molecular weight is 151 g/mol. The molecule has 0 aliphatic heterocycles. The summed E-state index contributed by atoms with van der Waals surface area (Å²) in [6.45, 7) is 0. The zero-order valence-corrected chi connectivity index (χ0v) is 5.96. The van der Waals surface area contributed by atoms with Crippen molar-refractivity contribution < 1.29 is 4.68 Å². The van der Waals surface area contributed by atoms with Gasteiger partial charge in [0.1, 0.15) is 0 Å². The second-order valence-electron chi connectivity index (χ2n) is 2.35. The van der Waals surface area contributed by atoms with Crippen LogP contribution in [-0.4, -0.2) is 15.1 Å². The van der Waals surface area contributed by atoms with E-state index in [0.29, 0.717) is 11.0 Å². The van der Waals surface area contributed by atoms with E-state index in [1.165, 1.54) is 6.33 Å². The van der Waals surface area contributed by atoms with Crippen molar-refractivity contribution in [2.24, 2.45) is 7.05 Å². The zero-order valence-electron chi connectivity index (χ0n) is 5.96. The lowest BCUT2D eigenvalue weighted by molar-refractivity contribution is -0.724. The van der Waals surface area contributed by atoms with Gasteiger partial charge in [0.05, 0.1) is 6.33 Å². The highest BCUT2D eigenvalue weighted by molar-refractivity contribution is 5.70. The maximum atomic E-state index is 11.1. The standard InChI is InChI=1S/C6H6N4O/c1-10-2-4-5(9-10)7-3-8-6(4)11/h2-3H,1H3,(H,7,8,9,11)/p+1. The number of rotatable bonds is 0. The normalized spacial score (nSPS) is 10.6. The highest BCUT2D eigenvalue weighted by atomic mass is 16.1. The first kappa shape index (κ1) is 6.09. The summed E-state index contributed by atoms with van der Waals surface area (Å²) in [5.74, 6) is 0. The van der Waals surface area contributed by atoms with Crippen molar-refractivity contribution in [3.05, 3.63) is 22.9 Å². The Hall–Kier alpha value is -1.65. The van der Waals surface area contributed by atoms with Crippen molar-refractivity contribution in [2.75, 3.05) is 0 Å². The third-order valence-corrected chi connectivity index (χ3v) is 1.49. The zero-order chi connectivity index (χ0) is 7.84. The molecule has 5 nitrogen and oxygen atoms in total. The largest absolute Gasteiger partial charge is 0.312 e. The van der Waals surface area contributed by atoms with Gasteiger partial charge in [0.2, 0.25) is 11.8 Å². The molecule has 0 aliphatic rings. The summed E-state index contributed by atoms with van der Waals surface area (Å²) in [5, 5.41) is 3.46. The maximum Gasteiger partial charge on any atom is 0.266 e. The molecule has 0 atom stereocenters. The van der Waals surface area contributed by atoms with Gasteiger partial charge in [0.15, 0.2) is 12.4 Å². The first-order chi connectivity index (χ1) is 5.27. The number of nitrogens with one attached hydrogen (secondary N) is 2. The second kappa shape index (κ2) is 1.91. The molecule has 0 radical (unpaired) electrons. The van der Waals surface area contributed by atoms with Gasteiger partial charge in [-0.15, -0.1) is 9.78 Å². The maximum absolute atomic E-state index is 11.1. The van der Waals surface area contributed by atoms with E-state index in [0.717, 1.165) is 0 Å². The van der Waals surface area contributed by atoms with E-state index >= 15 is 0 Å². The van der Waals surface area contributed by atoms with E-state index in [9.17, 15) is 4.79 Å². The van der Waals surface area contributed by atoms with Crippen LogP contribution in [0, 0.1) is 0 Å². The Kier molecular flexibility index (Phi) is 1.06. The minimum absolute atomic E-state index is 0.119. The number of fused-ring (bicyclic) bond motifs is 1. The van der Waals surface area contributed by atoms with Crippen LogP contribution in [-0.2, 0) is 7.05 Å². The van der Waals surface area contributed by atoms with Crippen LogP contribution in [0.1, 0.15) is 0 Å². The van der Waals surface area contributed by atoms with Gasteiger partial charge in [-0.2, -0.15) is 0 Å². The van der Waals surface area contributed by atoms with Gasteiger partial charge in [-0.3, -0.25) is 4.79 Å². The van der Waals surface area contributed by atoms with Crippen LogP contribution in [0.5, 0.6) is 0 Å². The highest BCUT2D eigenvalue weighted by Crippen LogP contribution is 1.94. The number of nitrogens with zero attached hydrogens (tertiary/aromatic N) is 2. The monoisotopic (exact) mass is 151 g/mol. The Balaban J connectivity index is 3.02. The number of aromatic amines is 2. The molecule has 2 aromatic rings. The Morgan fingerprint density at radius 2 is 2.45 bits per heavy atom. The molecule has 0 aromatic carbocycles. The van der Waals surface area contributed by atoms with Gasteiger partial charge in [-0.1, -0.05) is 0 Å². The van der Waals surface area contributed by atoms with Gasteiger partial charge in [0.25, 0.3) is 5.56 Å². The number of H-pyrrole nitrogens is 2. The molecule has 56 valence electrons. The molecule has 0 fully saturated rings. The molecule has 2 N–H and O–H groups in total. The fourth-order valence-electron chi connectivity index (χ4n) is 1.01. The van der Waals surface area contributed by atoms with Crippen LogP contribution in [0.15, 0.2) is 17.3 Å². The van der Waals surface area contributed by atoms with Crippen LogP contribution in [0.3, 0.4) is 0 Å². The predicted octanol–water partition coefficient (Wildman–Crippen LogP) is -0.924. The number of hydrogen-bond acceptors (Lipinski definition) is 2. The van der Waals surface area contributed by atoms with Crippen molar-refractivity contribution in [2.45, 2.75) is 0 Å². The van der Waals surface area contributed by atoms with E-state index in [-0.39, 0.29) is 5.56 Å². The summed E-state index contributed by atoms with van der Waals surface area (Å²) in [4.78, 5) is 17.5. The third-order valence-electron chi connectivity index (χ3n) is 1.49. The van der Waals surface area contributed by atoms with Crippen LogP contribution in [0.25, 0.3) is 11.0 Å². The van der Waals surface area contributed by atoms with Gasteiger partial charge in [0, 0.05) is 0 Å². The first-order valence-electron chi connectivity index (χ1n) is 3.19. The van der Waals surface area contributed by atoms with Crippen molar-refractivity contribution >= 4 is 11.0 Å². The van der Waals surface area contributed by atoms with Crippen molar-refractivity contribution in [1.29, 1.82) is 0 Å². The van der Waals surface area contributed by atoms with Crippen molar-refractivity contribution in [1.82, 2.24) is 15.1 Å². The predicted molar refractivity (Wildman–Crippen MR) is 37.9 cm³/mol. The molecule has 2 rings (SSSR count). The fraction of sp³-hybridized carbons (Fsp3) is 0.167. The topological polar surface area (TPSA) is 65.4 Å². The lowest BCUT2D eigenvalue weighted by Crippen LogP contribution is -2.28. The number of hydrogen-bond donors (Lipinski definition) is 2. The first-order valence-corrected chi connectivity index (χ1v) is 3.19. The molecule has 0 saturated carbocycles. The van der Waals surface area contributed by atoms with E-state index in [4.69, 9.17) is 0 Å². The third kappa shape index (κ3) is 0.813. The second-order valence-corrected chi connectivity index (χ2v) is 2.35. The molecule has 5 heteroatoms. The van der Waals surface area contributed by atoms with Crippen LogP contribution in [0.2, 0.25) is 0 Å². The number of aromatic nitrogens is 4. The molecule has 0 bridgehead atoms. The van der Waals surface area contributed by atoms with E-state index < -0.39 is 0 Å². The molecular weight excluding hydrogens is 144 g/mol. The van der Waals surface area contributed by atoms with Gasteiger partial charge in [-0.25, -0.2) is 4.98 Å². The Morgan fingerprint density at radius 1 is 1.64 bits per heavy atom. The molecule has 0 saturated heterocycles. The summed E-state index contributed by atoms with van der Waals surface area (Å²) < 4.78 is 1.69. The summed E-state index contributed by atoms with van der Waals surface area (Å²) in [6, 6.07) is 0. The molecule has 2 aromatic heterocycles. The van der Waals surface area contributed by atoms with Gasteiger partial charge >= 0.3 is 0 Å². The fourth-order valence-corrected chi connectivity index (χ4v) is 1.01. The number of aryl methyl sites for hydroxylation is 1. The Labute approximate surface area is 61.7 Å². The Bertz CT molecular complexity index is 441. The summed E-state index contributed by atoms with van der Waals surface area (Å²) >= 11 is 0. The van der Waals surface area contributed by atoms with E-state index in [1.54, 1.807) is 17.9 Å².